The highest BCUT2D eigenvalue weighted by molar-refractivity contribution is 6.42. The molecule has 43 heavy (non-hydrogen) atoms. The fraction of sp³-hybridized carbons (Fsp3) is 0.882. The summed E-state index contributed by atoms with van der Waals surface area (Å²) in [6, 6.07) is 0. The van der Waals surface area contributed by atoms with Crippen LogP contribution >= 0.6 is 0 Å². The first kappa shape index (κ1) is 41.6. The molecule has 0 aliphatic heterocycles. The molecular weight excluding hydrogens is 561 g/mol. The molecule has 0 saturated carbocycles. The maximum absolute atomic E-state index is 12.3. The summed E-state index contributed by atoms with van der Waals surface area (Å²) >= 11 is -3.10. The van der Waals surface area contributed by atoms with E-state index < -0.39 is 27.1 Å². The highest BCUT2D eigenvalue weighted by Gasteiger charge is 2.44. The van der Waals surface area contributed by atoms with E-state index in [1.54, 1.807) is 13.8 Å². The summed E-state index contributed by atoms with van der Waals surface area (Å²) in [5, 5.41) is 2.75. The van der Waals surface area contributed by atoms with Gasteiger partial charge in [0.2, 0.25) is 5.91 Å². The minimum atomic E-state index is -3.10. The summed E-state index contributed by atoms with van der Waals surface area (Å²) in [4.78, 5) is 48.9. The summed E-state index contributed by atoms with van der Waals surface area (Å²) in [5.41, 5.74) is 0. The molecule has 1 amide bonds. The predicted octanol–water partition coefficient (Wildman–Crippen LogP) is 8.57. The first-order valence-corrected chi connectivity index (χ1v) is 19.0. The monoisotopic (exact) mass is 625 g/mol. The fourth-order valence-corrected chi connectivity index (χ4v) is 6.08. The highest BCUT2D eigenvalue weighted by atomic mass is 27.3. The van der Waals surface area contributed by atoms with Crippen LogP contribution in [0, 0.1) is 0 Å². The van der Waals surface area contributed by atoms with Crippen molar-refractivity contribution in [3.63, 3.8) is 0 Å². The highest BCUT2D eigenvalue weighted by Crippen LogP contribution is 2.13. The van der Waals surface area contributed by atoms with Crippen LogP contribution in [-0.4, -0.2) is 51.4 Å². The number of carbonyl (C=O) groups is 4. The van der Waals surface area contributed by atoms with Crippen LogP contribution in [-0.2, 0) is 30.5 Å². The van der Waals surface area contributed by atoms with Crippen LogP contribution in [0.25, 0.3) is 0 Å². The number of unbranched alkanes of at least 4 members (excludes halogenated alkanes) is 18. The molecule has 0 rings (SSSR count). The van der Waals surface area contributed by atoms with Gasteiger partial charge >= 0.3 is 15.1 Å². The van der Waals surface area contributed by atoms with Gasteiger partial charge in [-0.2, -0.15) is 0 Å². The smallest absolute Gasteiger partial charge is 0.562 e. The van der Waals surface area contributed by atoms with E-state index in [2.05, 4.69) is 19.2 Å². The second-order valence-electron chi connectivity index (χ2n) is 12.1. The molecule has 0 aromatic rings. The van der Waals surface area contributed by atoms with Crippen LogP contribution in [0.5, 0.6) is 0 Å². The molecule has 0 radical (unpaired) electrons. The Labute approximate surface area is 268 Å². The summed E-state index contributed by atoms with van der Waals surface area (Å²) in [5.74, 6) is -1.56. The van der Waals surface area contributed by atoms with Gasteiger partial charge in [0.1, 0.15) is 12.2 Å². The second-order valence-corrected chi connectivity index (χ2v) is 13.5. The third-order valence-electron chi connectivity index (χ3n) is 7.40. The van der Waals surface area contributed by atoms with Crippen molar-refractivity contribution in [2.75, 3.05) is 6.54 Å². The maximum Gasteiger partial charge on any atom is 1.10 e. The average Bonchev–Trinajstić information content (AvgIpc) is 2.94. The van der Waals surface area contributed by atoms with Gasteiger partial charge in [-0.1, -0.05) is 129 Å². The van der Waals surface area contributed by atoms with E-state index in [4.69, 9.17) is 11.4 Å². The van der Waals surface area contributed by atoms with Crippen molar-refractivity contribution < 1.29 is 30.5 Å². The molecule has 0 aliphatic carbocycles. The zero-order valence-electron chi connectivity index (χ0n) is 28.2. The van der Waals surface area contributed by atoms with Gasteiger partial charge < -0.3 is 16.7 Å². The Kier molecular flexibility index (Phi) is 29.6. The standard InChI is InChI=1S/C16H30O3.C15H29NO3.C3H7O.Al/c1-2-3-4-5-6-7-8-9-10-11-12-13-15(17)14-16(18)19;1-2-3-4-5-6-7-8-9-10-11-14(17)16-13-12-15(18)19;1-3(2)4;/h2-14H2,1H3,(H,18,19);2-13H2,1H3,(H,16,17)(H,18,19);3H,1-2H3;/q;;-1;+3/p-2. The third kappa shape index (κ3) is 30.4. The minimum absolute atomic E-state index is 0.0379. The lowest BCUT2D eigenvalue weighted by Crippen LogP contribution is -2.36. The maximum atomic E-state index is 12.3. The topological polar surface area (TPSA) is 108 Å². The second kappa shape index (κ2) is 30.6. The molecule has 0 saturated heterocycles. The van der Waals surface area contributed by atoms with E-state index in [1.165, 1.54) is 89.9 Å². The van der Waals surface area contributed by atoms with Crippen LogP contribution in [0.3, 0.4) is 0 Å². The van der Waals surface area contributed by atoms with Crippen molar-refractivity contribution in [1.29, 1.82) is 0 Å². The molecule has 0 bridgehead atoms. The Morgan fingerprint density at radius 3 is 1.44 bits per heavy atom. The van der Waals surface area contributed by atoms with Crippen LogP contribution in [0.4, 0.5) is 0 Å². The lowest BCUT2D eigenvalue weighted by atomic mass is 10.0. The van der Waals surface area contributed by atoms with Gasteiger partial charge in [-0.25, -0.2) is 0 Å². The number of rotatable bonds is 31. The normalized spacial score (nSPS) is 11.0. The van der Waals surface area contributed by atoms with Crippen LogP contribution in [0.2, 0.25) is 0 Å². The molecule has 0 heterocycles. The van der Waals surface area contributed by atoms with Crippen molar-refractivity contribution in [2.45, 2.75) is 188 Å². The Morgan fingerprint density at radius 1 is 0.558 bits per heavy atom. The van der Waals surface area contributed by atoms with Crippen molar-refractivity contribution in [1.82, 2.24) is 5.32 Å². The predicted molar refractivity (Wildman–Crippen MR) is 174 cm³/mol. The van der Waals surface area contributed by atoms with E-state index in [-0.39, 0.29) is 37.2 Å². The SMILES string of the molecule is CCCCCCCCCCCCCC(=O)CC(=O)[O][Al]([O]C(=O)CCNC(=O)CCCCCCCCCCC)[O]C(C)C. The number of ketones is 1. The van der Waals surface area contributed by atoms with E-state index in [0.717, 1.165) is 38.5 Å². The van der Waals surface area contributed by atoms with Crippen LogP contribution < -0.4 is 5.32 Å². The number of hydrogen-bond acceptors (Lipinski definition) is 7. The zero-order chi connectivity index (χ0) is 32.0. The molecule has 0 aromatic heterocycles. The van der Waals surface area contributed by atoms with Gasteiger partial charge in [0.15, 0.2) is 0 Å². The molecule has 0 aromatic carbocycles. The quantitative estimate of drug-likeness (QED) is 0.0467. The Bertz CT molecular complexity index is 717. The summed E-state index contributed by atoms with van der Waals surface area (Å²) in [7, 11) is 0. The molecule has 9 heteroatoms. The fourth-order valence-electron chi connectivity index (χ4n) is 4.84. The number of hydrogen-bond donors (Lipinski definition) is 1. The van der Waals surface area contributed by atoms with Crippen LogP contribution in [0.1, 0.15) is 182 Å². The number of carbonyl (C=O) groups excluding carboxylic acids is 4. The molecule has 0 fully saturated rings. The average molecular weight is 626 g/mol. The largest absolute Gasteiger partial charge is 1.10 e. The van der Waals surface area contributed by atoms with Crippen molar-refractivity contribution in [3.05, 3.63) is 0 Å². The van der Waals surface area contributed by atoms with E-state index in [1.807, 2.05) is 0 Å². The minimum Gasteiger partial charge on any atom is -0.562 e. The Balaban J connectivity index is 4.02. The lowest BCUT2D eigenvalue weighted by molar-refractivity contribution is -0.144. The first-order chi connectivity index (χ1) is 20.8. The van der Waals surface area contributed by atoms with Gasteiger partial charge in [0.05, 0.1) is 6.42 Å². The molecule has 250 valence electrons. The molecule has 0 atom stereocenters. The molecule has 1 N–H and O–H groups in total. The summed E-state index contributed by atoms with van der Waals surface area (Å²) in [6.07, 6.45) is 24.0. The van der Waals surface area contributed by atoms with Crippen molar-refractivity contribution in [2.24, 2.45) is 0 Å². The Morgan fingerprint density at radius 2 is 0.977 bits per heavy atom. The van der Waals surface area contributed by atoms with E-state index >= 15 is 0 Å². The van der Waals surface area contributed by atoms with Gasteiger partial charge in [-0.3, -0.25) is 19.2 Å². The third-order valence-corrected chi connectivity index (χ3v) is 9.08. The van der Waals surface area contributed by atoms with Gasteiger partial charge in [-0.15, -0.1) is 0 Å². The van der Waals surface area contributed by atoms with Crippen LogP contribution in [0.15, 0.2) is 0 Å². The molecular formula is C34H64AlNO7. The van der Waals surface area contributed by atoms with Gasteiger partial charge in [-0.05, 0) is 26.7 Å². The summed E-state index contributed by atoms with van der Waals surface area (Å²) in [6.45, 7) is 8.12. The molecule has 0 unspecified atom stereocenters. The van der Waals surface area contributed by atoms with Crippen molar-refractivity contribution >= 4 is 38.8 Å². The lowest BCUT2D eigenvalue weighted by Gasteiger charge is -2.15. The zero-order valence-corrected chi connectivity index (χ0v) is 29.3. The van der Waals surface area contributed by atoms with E-state index in [0.29, 0.717) is 12.8 Å². The van der Waals surface area contributed by atoms with Crippen molar-refractivity contribution in [3.8, 4) is 0 Å². The molecule has 8 nitrogen and oxygen atoms in total. The van der Waals surface area contributed by atoms with Gasteiger partial charge in [0.25, 0.3) is 11.9 Å². The van der Waals surface area contributed by atoms with Gasteiger partial charge in [0, 0.05) is 25.5 Å². The number of Topliss-reactive ketones (excluding diaryl/α,β-unsaturated/α-hetero) is 1. The summed E-state index contributed by atoms with van der Waals surface area (Å²) < 4.78 is 16.1. The number of nitrogens with one attached hydrogen (secondary N) is 1. The first-order valence-electron chi connectivity index (χ1n) is 17.6. The molecule has 0 aliphatic rings. The van der Waals surface area contributed by atoms with E-state index in [9.17, 15) is 19.2 Å². The molecule has 0 spiro atoms. The Hall–Kier alpha value is -1.43. The number of amides is 1.